The second kappa shape index (κ2) is 6.08. The van der Waals surface area contributed by atoms with Gasteiger partial charge in [0.1, 0.15) is 0 Å². The smallest absolute Gasteiger partial charge is 0.253 e. The van der Waals surface area contributed by atoms with E-state index in [0.717, 1.165) is 11.3 Å². The topological polar surface area (TPSA) is 41.1 Å². The number of anilines is 1. The van der Waals surface area contributed by atoms with Crippen LogP contribution in [0.4, 0.5) is 5.69 Å². The van der Waals surface area contributed by atoms with Crippen molar-refractivity contribution in [1.82, 2.24) is 5.32 Å². The van der Waals surface area contributed by atoms with E-state index in [9.17, 15) is 4.79 Å². The molecule has 0 bridgehead atoms. The van der Waals surface area contributed by atoms with Crippen molar-refractivity contribution in [2.24, 2.45) is 0 Å². The van der Waals surface area contributed by atoms with Gasteiger partial charge in [0.2, 0.25) is 0 Å². The third-order valence-electron chi connectivity index (χ3n) is 2.90. The third kappa shape index (κ3) is 3.28. The van der Waals surface area contributed by atoms with Gasteiger partial charge in [0.05, 0.1) is 5.56 Å². The number of nitrogens with one attached hydrogen (secondary N) is 2. The number of benzene rings is 1. The maximum absolute atomic E-state index is 12.2. The van der Waals surface area contributed by atoms with Crippen LogP contribution in [-0.4, -0.2) is 13.0 Å². The van der Waals surface area contributed by atoms with Crippen LogP contribution < -0.4 is 10.6 Å². The molecule has 0 aliphatic heterocycles. The SMILES string of the molecule is CNc1ccc(Cl)cc1C(=O)NCc1cscc1C. The standard InChI is InChI=1S/C14H15ClN2OS/c1-9-7-19-8-10(9)6-17-14(18)12-5-11(15)3-4-13(12)16-2/h3-5,7-8,16H,6H2,1-2H3,(H,17,18). The van der Waals surface area contributed by atoms with Crippen LogP contribution >= 0.6 is 22.9 Å². The molecule has 2 rings (SSSR count). The predicted molar refractivity (Wildman–Crippen MR) is 81.2 cm³/mol. The van der Waals surface area contributed by atoms with E-state index in [1.165, 1.54) is 5.56 Å². The lowest BCUT2D eigenvalue weighted by atomic mass is 10.1. The lowest BCUT2D eigenvalue weighted by Crippen LogP contribution is -2.23. The van der Waals surface area contributed by atoms with Gasteiger partial charge in [-0.15, -0.1) is 0 Å². The van der Waals surface area contributed by atoms with Gasteiger partial charge in [0, 0.05) is 24.3 Å². The summed E-state index contributed by atoms with van der Waals surface area (Å²) < 4.78 is 0. The maximum atomic E-state index is 12.2. The maximum Gasteiger partial charge on any atom is 0.253 e. The minimum absolute atomic E-state index is 0.127. The highest BCUT2D eigenvalue weighted by Crippen LogP contribution is 2.20. The molecule has 19 heavy (non-hydrogen) atoms. The first-order chi connectivity index (χ1) is 9.11. The van der Waals surface area contributed by atoms with Crippen molar-refractivity contribution >= 4 is 34.5 Å². The number of rotatable bonds is 4. The summed E-state index contributed by atoms with van der Waals surface area (Å²) in [5.74, 6) is -0.127. The number of thiophene rings is 1. The summed E-state index contributed by atoms with van der Waals surface area (Å²) in [5.41, 5.74) is 3.67. The molecule has 1 amide bonds. The van der Waals surface area contributed by atoms with Crippen LogP contribution in [0.3, 0.4) is 0 Å². The van der Waals surface area contributed by atoms with Crippen LogP contribution in [0.2, 0.25) is 5.02 Å². The van der Waals surface area contributed by atoms with E-state index in [1.54, 1.807) is 36.6 Å². The van der Waals surface area contributed by atoms with E-state index >= 15 is 0 Å². The van der Waals surface area contributed by atoms with Crippen molar-refractivity contribution in [3.63, 3.8) is 0 Å². The number of amides is 1. The van der Waals surface area contributed by atoms with Crippen molar-refractivity contribution in [2.75, 3.05) is 12.4 Å². The molecule has 1 aromatic heterocycles. The molecule has 0 saturated heterocycles. The van der Waals surface area contributed by atoms with Gasteiger partial charge in [-0.2, -0.15) is 11.3 Å². The monoisotopic (exact) mass is 294 g/mol. The van der Waals surface area contributed by atoms with Crippen LogP contribution in [0.1, 0.15) is 21.5 Å². The van der Waals surface area contributed by atoms with E-state index in [1.807, 2.05) is 12.3 Å². The van der Waals surface area contributed by atoms with Crippen LogP contribution in [0.5, 0.6) is 0 Å². The first kappa shape index (κ1) is 13.9. The van der Waals surface area contributed by atoms with E-state index < -0.39 is 0 Å². The number of carbonyl (C=O) groups excluding carboxylic acids is 1. The van der Waals surface area contributed by atoms with Crippen molar-refractivity contribution in [1.29, 1.82) is 0 Å². The van der Waals surface area contributed by atoms with Gasteiger partial charge in [0.25, 0.3) is 5.91 Å². The quantitative estimate of drug-likeness (QED) is 0.903. The Hall–Kier alpha value is -1.52. The van der Waals surface area contributed by atoms with Gasteiger partial charge < -0.3 is 10.6 Å². The molecular weight excluding hydrogens is 280 g/mol. The first-order valence-electron chi connectivity index (χ1n) is 5.89. The number of halogens is 1. The summed E-state index contributed by atoms with van der Waals surface area (Å²) in [5, 5.41) is 10.6. The van der Waals surface area contributed by atoms with Gasteiger partial charge in [-0.05, 0) is 47.0 Å². The molecule has 100 valence electrons. The Kier molecular flexibility index (Phi) is 4.45. The fraction of sp³-hybridized carbons (Fsp3) is 0.214. The van der Waals surface area contributed by atoms with Crippen LogP contribution in [0.25, 0.3) is 0 Å². The zero-order chi connectivity index (χ0) is 13.8. The largest absolute Gasteiger partial charge is 0.387 e. The Morgan fingerprint density at radius 2 is 2.16 bits per heavy atom. The van der Waals surface area contributed by atoms with Gasteiger partial charge in [0.15, 0.2) is 0 Å². The molecule has 0 fully saturated rings. The molecular formula is C14H15ClN2OS. The third-order valence-corrected chi connectivity index (χ3v) is 4.04. The van der Waals surface area contributed by atoms with Gasteiger partial charge in [-0.1, -0.05) is 11.6 Å². The second-order valence-corrected chi connectivity index (χ2v) is 5.38. The van der Waals surface area contributed by atoms with E-state index in [0.29, 0.717) is 17.1 Å². The van der Waals surface area contributed by atoms with Gasteiger partial charge in [-0.3, -0.25) is 4.79 Å². The Balaban J connectivity index is 2.12. The minimum Gasteiger partial charge on any atom is -0.387 e. The summed E-state index contributed by atoms with van der Waals surface area (Å²) in [7, 11) is 1.78. The summed E-state index contributed by atoms with van der Waals surface area (Å²) in [6, 6.07) is 5.23. The Labute approximate surface area is 121 Å². The predicted octanol–water partition coefficient (Wildman–Crippen LogP) is 3.68. The van der Waals surface area contributed by atoms with Crippen molar-refractivity contribution in [3.05, 3.63) is 50.7 Å². The fourth-order valence-electron chi connectivity index (χ4n) is 1.76. The average molecular weight is 295 g/mol. The molecule has 2 N–H and O–H groups in total. The molecule has 1 heterocycles. The number of aryl methyl sites for hydroxylation is 1. The van der Waals surface area contributed by atoms with Crippen LogP contribution in [-0.2, 0) is 6.54 Å². The molecule has 0 aliphatic carbocycles. The van der Waals surface area contributed by atoms with E-state index in [2.05, 4.69) is 16.0 Å². The molecule has 2 aromatic rings. The summed E-state index contributed by atoms with van der Waals surface area (Å²) in [4.78, 5) is 12.2. The summed E-state index contributed by atoms with van der Waals surface area (Å²) in [6.07, 6.45) is 0. The molecule has 0 saturated carbocycles. The molecule has 1 aromatic carbocycles. The van der Waals surface area contributed by atoms with E-state index in [4.69, 9.17) is 11.6 Å². The Morgan fingerprint density at radius 3 is 2.79 bits per heavy atom. The lowest BCUT2D eigenvalue weighted by molar-refractivity contribution is 0.0951. The molecule has 0 atom stereocenters. The number of carbonyl (C=O) groups is 1. The second-order valence-electron chi connectivity index (χ2n) is 4.20. The molecule has 5 heteroatoms. The normalized spacial score (nSPS) is 10.3. The molecule has 0 radical (unpaired) electrons. The molecule has 3 nitrogen and oxygen atoms in total. The van der Waals surface area contributed by atoms with E-state index in [-0.39, 0.29) is 5.91 Å². The van der Waals surface area contributed by atoms with Gasteiger partial charge in [-0.25, -0.2) is 0 Å². The molecule has 0 unspecified atom stereocenters. The lowest BCUT2D eigenvalue weighted by Gasteiger charge is -2.10. The highest BCUT2D eigenvalue weighted by Gasteiger charge is 2.11. The zero-order valence-electron chi connectivity index (χ0n) is 10.8. The zero-order valence-corrected chi connectivity index (χ0v) is 12.4. The van der Waals surface area contributed by atoms with Crippen molar-refractivity contribution < 1.29 is 4.79 Å². The summed E-state index contributed by atoms with van der Waals surface area (Å²) >= 11 is 7.58. The van der Waals surface area contributed by atoms with Gasteiger partial charge >= 0.3 is 0 Å². The first-order valence-corrected chi connectivity index (χ1v) is 7.21. The minimum atomic E-state index is -0.127. The fourth-order valence-corrected chi connectivity index (χ4v) is 2.79. The number of hydrogen-bond donors (Lipinski definition) is 2. The summed E-state index contributed by atoms with van der Waals surface area (Å²) in [6.45, 7) is 2.57. The molecule has 0 aliphatic rings. The number of hydrogen-bond acceptors (Lipinski definition) is 3. The molecule has 0 spiro atoms. The Bertz CT molecular complexity index is 595. The van der Waals surface area contributed by atoms with Crippen molar-refractivity contribution in [3.8, 4) is 0 Å². The van der Waals surface area contributed by atoms with Crippen LogP contribution in [0, 0.1) is 6.92 Å². The average Bonchev–Trinajstić information content (AvgIpc) is 2.81. The van der Waals surface area contributed by atoms with Crippen molar-refractivity contribution in [2.45, 2.75) is 13.5 Å². The highest BCUT2D eigenvalue weighted by molar-refractivity contribution is 7.08. The highest BCUT2D eigenvalue weighted by atomic mass is 35.5. The Morgan fingerprint density at radius 1 is 1.37 bits per heavy atom. The van der Waals surface area contributed by atoms with Crippen LogP contribution in [0.15, 0.2) is 29.0 Å².